The van der Waals surface area contributed by atoms with Crippen LogP contribution in [0.2, 0.25) is 0 Å². The van der Waals surface area contributed by atoms with Gasteiger partial charge in [0.15, 0.2) is 0 Å². The first-order valence-electron chi connectivity index (χ1n) is 11.7. The second kappa shape index (κ2) is 20.2. The van der Waals surface area contributed by atoms with Gasteiger partial charge in [0, 0.05) is 0 Å². The standard InChI is InChI=1S/4C6H11O3.Sn/c4*1-5(2)4-8-9-6(3)7;/h4*6H,1,4H2,2-3H3;/q4*-1;+4. The van der Waals surface area contributed by atoms with E-state index in [4.69, 9.17) is 51.4 Å². The van der Waals surface area contributed by atoms with Crippen LogP contribution in [0.3, 0.4) is 0 Å². The molecule has 0 fully saturated rings. The van der Waals surface area contributed by atoms with Gasteiger partial charge in [0.2, 0.25) is 0 Å². The van der Waals surface area contributed by atoms with Gasteiger partial charge >= 0.3 is 227 Å². The van der Waals surface area contributed by atoms with Crippen LogP contribution in [-0.4, -0.2) is 71.6 Å². The minimum absolute atomic E-state index is 0.148. The van der Waals surface area contributed by atoms with Gasteiger partial charge in [-0.25, -0.2) is 0 Å². The van der Waals surface area contributed by atoms with Crippen molar-refractivity contribution in [2.75, 3.05) is 26.4 Å². The van der Waals surface area contributed by atoms with Crippen molar-refractivity contribution < 1.29 is 51.4 Å². The van der Waals surface area contributed by atoms with Crippen LogP contribution in [0, 0.1) is 0 Å². The number of hydrogen-bond acceptors (Lipinski definition) is 12. The summed E-state index contributed by atoms with van der Waals surface area (Å²) in [7, 11) is 0. The van der Waals surface area contributed by atoms with Gasteiger partial charge in [0.1, 0.15) is 0 Å². The van der Waals surface area contributed by atoms with Crippen molar-refractivity contribution in [2.45, 2.75) is 80.6 Å². The van der Waals surface area contributed by atoms with Gasteiger partial charge in [-0.2, -0.15) is 0 Å². The molecule has 216 valence electrons. The van der Waals surface area contributed by atoms with Crippen LogP contribution in [0.15, 0.2) is 48.6 Å². The summed E-state index contributed by atoms with van der Waals surface area (Å²) < 4.78 is 24.1. The fraction of sp³-hybridized carbons (Fsp3) is 0.667. The third-order valence-electron chi connectivity index (χ3n) is 3.28. The Hall–Kier alpha value is -0.721. The normalized spacial score (nSPS) is 16.4. The van der Waals surface area contributed by atoms with E-state index >= 15 is 0 Å². The molecule has 0 aliphatic rings. The molecule has 0 amide bonds. The average molecular weight is 643 g/mol. The molecule has 0 aromatic carbocycles. The van der Waals surface area contributed by atoms with Crippen molar-refractivity contribution in [3.05, 3.63) is 48.6 Å². The molecule has 4 unspecified atom stereocenters. The summed E-state index contributed by atoms with van der Waals surface area (Å²) in [4.78, 5) is 41.6. The van der Waals surface area contributed by atoms with Crippen molar-refractivity contribution in [2.24, 2.45) is 0 Å². The molecule has 0 bridgehead atoms. The Morgan fingerprint density at radius 1 is 0.459 bits per heavy atom. The van der Waals surface area contributed by atoms with Crippen molar-refractivity contribution in [1.29, 1.82) is 0 Å². The number of hydrogen-bond donors (Lipinski definition) is 0. The van der Waals surface area contributed by atoms with E-state index in [0.29, 0.717) is 0 Å². The molecule has 0 N–H and O–H groups in total. The van der Waals surface area contributed by atoms with E-state index in [-0.39, 0.29) is 26.4 Å². The van der Waals surface area contributed by atoms with E-state index in [0.717, 1.165) is 22.3 Å². The van der Waals surface area contributed by atoms with E-state index < -0.39 is 45.2 Å². The predicted octanol–water partition coefficient (Wildman–Crippen LogP) is 4.97. The zero-order chi connectivity index (χ0) is 28.4. The Labute approximate surface area is 226 Å². The zero-order valence-corrected chi connectivity index (χ0v) is 26.2. The third-order valence-corrected chi connectivity index (χ3v) is 10.4. The molecule has 0 aromatic rings. The van der Waals surface area contributed by atoms with Crippen LogP contribution < -0.4 is 0 Å². The Morgan fingerprint density at radius 2 is 0.649 bits per heavy atom. The average Bonchev–Trinajstić information content (AvgIpc) is 2.72. The second-order valence-electron chi connectivity index (χ2n) is 8.50. The van der Waals surface area contributed by atoms with Gasteiger partial charge in [-0.05, 0) is 0 Å². The van der Waals surface area contributed by atoms with Crippen molar-refractivity contribution in [3.8, 4) is 0 Å². The van der Waals surface area contributed by atoms with Crippen LogP contribution in [0.4, 0.5) is 0 Å². The fourth-order valence-electron chi connectivity index (χ4n) is 1.98. The molecule has 0 saturated carbocycles. The first-order valence-corrected chi connectivity index (χ1v) is 16.3. The van der Waals surface area contributed by atoms with E-state index in [1.165, 1.54) is 0 Å². The Balaban J connectivity index is 5.73. The van der Waals surface area contributed by atoms with E-state index in [9.17, 15) is 0 Å². The van der Waals surface area contributed by atoms with Gasteiger partial charge in [0.05, 0.1) is 0 Å². The molecule has 4 atom stereocenters. The Kier molecular flexibility index (Phi) is 19.8. The summed E-state index contributed by atoms with van der Waals surface area (Å²) in [5.74, 6) is 0. The predicted molar refractivity (Wildman–Crippen MR) is 135 cm³/mol. The molecule has 12 nitrogen and oxygen atoms in total. The van der Waals surface area contributed by atoms with Gasteiger partial charge in [-0.3, -0.25) is 0 Å². The summed E-state index contributed by atoms with van der Waals surface area (Å²) in [6.07, 6.45) is -4.03. The summed E-state index contributed by atoms with van der Waals surface area (Å²) in [5.41, 5.74) is 2.98. The van der Waals surface area contributed by atoms with Gasteiger partial charge in [0.25, 0.3) is 0 Å². The second-order valence-corrected chi connectivity index (χ2v) is 14.0. The molecule has 0 spiro atoms. The molecule has 13 heteroatoms. The third kappa shape index (κ3) is 20.9. The minimum atomic E-state index is -5.24. The maximum atomic E-state index is 6.02. The van der Waals surface area contributed by atoms with Gasteiger partial charge in [-0.15, -0.1) is 0 Å². The quantitative estimate of drug-likeness (QED) is 0.0466. The van der Waals surface area contributed by atoms with Crippen molar-refractivity contribution >= 4 is 20.0 Å². The maximum absolute atomic E-state index is 6.02. The molecule has 0 rings (SSSR count). The van der Waals surface area contributed by atoms with Crippen molar-refractivity contribution in [3.63, 3.8) is 0 Å². The Morgan fingerprint density at radius 3 is 0.811 bits per heavy atom. The molecule has 0 saturated heterocycles. The topological polar surface area (TPSA) is 111 Å². The summed E-state index contributed by atoms with van der Waals surface area (Å²) in [5, 5.41) is 0. The van der Waals surface area contributed by atoms with E-state index in [2.05, 4.69) is 26.3 Å². The molecule has 0 radical (unpaired) electrons. The molecular weight excluding hydrogens is 599 g/mol. The van der Waals surface area contributed by atoms with Gasteiger partial charge in [-0.1, -0.05) is 0 Å². The van der Waals surface area contributed by atoms with Crippen LogP contribution in [0.25, 0.3) is 0 Å². The van der Waals surface area contributed by atoms with Crippen LogP contribution in [0.5, 0.6) is 0 Å². The molecular formula is C24H44O12Sn. The van der Waals surface area contributed by atoms with Crippen LogP contribution in [0.1, 0.15) is 55.4 Å². The molecule has 0 heterocycles. The van der Waals surface area contributed by atoms with E-state index in [1.54, 1.807) is 55.4 Å². The molecule has 0 aliphatic carbocycles. The summed E-state index contributed by atoms with van der Waals surface area (Å²) in [6, 6.07) is 0. The first-order chi connectivity index (χ1) is 17.2. The van der Waals surface area contributed by atoms with Crippen LogP contribution in [-0.2, 0) is 51.4 Å². The SMILES string of the molecule is C=C(C)COOC(C)[O][Sn]([O]C(C)OOCC(=C)C)([O]C(C)OOCC(=C)C)[O]C(C)OOCC(=C)C. The number of rotatable bonds is 24. The van der Waals surface area contributed by atoms with Crippen molar-refractivity contribution in [1.82, 2.24) is 0 Å². The first kappa shape index (κ1) is 36.3. The summed E-state index contributed by atoms with van der Waals surface area (Å²) >= 11 is -5.24. The summed E-state index contributed by atoms with van der Waals surface area (Å²) in [6.45, 7) is 29.0. The molecule has 0 aromatic heterocycles. The van der Waals surface area contributed by atoms with Gasteiger partial charge < -0.3 is 0 Å². The Bertz CT molecular complexity index is 584. The molecule has 0 aliphatic heterocycles. The van der Waals surface area contributed by atoms with E-state index in [1.807, 2.05) is 0 Å². The fourth-order valence-corrected chi connectivity index (χ4v) is 8.02. The van der Waals surface area contributed by atoms with Crippen LogP contribution >= 0.6 is 0 Å². The molecule has 37 heavy (non-hydrogen) atoms. The monoisotopic (exact) mass is 644 g/mol. The zero-order valence-electron chi connectivity index (χ0n) is 23.4.